The van der Waals surface area contributed by atoms with Gasteiger partial charge in [0.2, 0.25) is 5.91 Å². The van der Waals surface area contributed by atoms with E-state index in [4.69, 9.17) is 0 Å². The van der Waals surface area contributed by atoms with Gasteiger partial charge in [0, 0.05) is 37.8 Å². The van der Waals surface area contributed by atoms with Gasteiger partial charge >= 0.3 is 5.97 Å². The topological polar surface area (TPSA) is 72.9 Å². The van der Waals surface area contributed by atoms with E-state index in [-0.39, 0.29) is 17.4 Å². The number of carbonyl (C=O) groups is 2. The SMILES string of the molecule is Cc1ccccc1N1CCN(c2ccc(C(=O)O)cc2NC(=O)C2CC2)CC1. The number of aryl methyl sites for hydroxylation is 1. The van der Waals surface area contributed by atoms with Gasteiger partial charge in [-0.25, -0.2) is 4.79 Å². The molecule has 0 spiro atoms. The zero-order valence-electron chi connectivity index (χ0n) is 16.0. The molecule has 2 aliphatic rings. The van der Waals surface area contributed by atoms with Gasteiger partial charge in [0.25, 0.3) is 0 Å². The number of hydrogen-bond donors (Lipinski definition) is 2. The first-order valence-electron chi connectivity index (χ1n) is 9.76. The van der Waals surface area contributed by atoms with Crippen LogP contribution in [0, 0.1) is 12.8 Å². The molecule has 146 valence electrons. The molecule has 0 radical (unpaired) electrons. The minimum absolute atomic E-state index is 0.0117. The van der Waals surface area contributed by atoms with Crippen LogP contribution in [0.2, 0.25) is 0 Å². The van der Waals surface area contributed by atoms with Gasteiger partial charge in [-0.2, -0.15) is 0 Å². The van der Waals surface area contributed by atoms with E-state index in [1.165, 1.54) is 11.3 Å². The highest BCUT2D eigenvalue weighted by molar-refractivity contribution is 5.99. The third-order valence-electron chi connectivity index (χ3n) is 5.53. The van der Waals surface area contributed by atoms with E-state index < -0.39 is 5.97 Å². The average molecular weight is 379 g/mol. The first-order valence-corrected chi connectivity index (χ1v) is 9.76. The van der Waals surface area contributed by atoms with Crippen molar-refractivity contribution in [2.45, 2.75) is 19.8 Å². The molecule has 0 aromatic heterocycles. The van der Waals surface area contributed by atoms with Crippen molar-refractivity contribution in [3.63, 3.8) is 0 Å². The maximum Gasteiger partial charge on any atom is 0.335 e. The molecular weight excluding hydrogens is 354 g/mol. The zero-order chi connectivity index (χ0) is 19.7. The summed E-state index contributed by atoms with van der Waals surface area (Å²) in [5.74, 6) is -0.931. The van der Waals surface area contributed by atoms with Crippen LogP contribution in [-0.2, 0) is 4.79 Å². The maximum atomic E-state index is 12.3. The van der Waals surface area contributed by atoms with Crippen LogP contribution in [0.3, 0.4) is 0 Å². The van der Waals surface area contributed by atoms with Crippen molar-refractivity contribution >= 4 is 28.9 Å². The number of para-hydroxylation sites is 1. The van der Waals surface area contributed by atoms with Gasteiger partial charge in [0.05, 0.1) is 16.9 Å². The molecule has 2 fully saturated rings. The van der Waals surface area contributed by atoms with Crippen LogP contribution in [-0.4, -0.2) is 43.2 Å². The Morgan fingerprint density at radius 2 is 1.61 bits per heavy atom. The number of carbonyl (C=O) groups excluding carboxylic acids is 1. The second kappa shape index (κ2) is 7.54. The fraction of sp³-hybridized carbons (Fsp3) is 0.364. The minimum atomic E-state index is -0.988. The third-order valence-corrected chi connectivity index (χ3v) is 5.53. The van der Waals surface area contributed by atoms with Crippen LogP contribution in [0.1, 0.15) is 28.8 Å². The Morgan fingerprint density at radius 1 is 0.964 bits per heavy atom. The van der Waals surface area contributed by atoms with E-state index in [0.717, 1.165) is 44.7 Å². The summed E-state index contributed by atoms with van der Waals surface area (Å²) in [7, 11) is 0. The molecule has 6 heteroatoms. The molecule has 1 heterocycles. The van der Waals surface area contributed by atoms with Gasteiger partial charge in [0.1, 0.15) is 0 Å². The number of nitrogens with zero attached hydrogens (tertiary/aromatic N) is 2. The zero-order valence-corrected chi connectivity index (χ0v) is 16.0. The molecule has 1 amide bonds. The number of nitrogens with one attached hydrogen (secondary N) is 1. The van der Waals surface area contributed by atoms with Crippen molar-refractivity contribution in [1.29, 1.82) is 0 Å². The molecule has 1 aliphatic heterocycles. The minimum Gasteiger partial charge on any atom is -0.478 e. The van der Waals surface area contributed by atoms with Crippen LogP contribution in [0.15, 0.2) is 42.5 Å². The van der Waals surface area contributed by atoms with Crippen molar-refractivity contribution in [3.8, 4) is 0 Å². The number of anilines is 3. The number of carboxylic acids is 1. The lowest BCUT2D eigenvalue weighted by molar-refractivity contribution is -0.117. The Kier molecular flexibility index (Phi) is 4.94. The molecule has 28 heavy (non-hydrogen) atoms. The summed E-state index contributed by atoms with van der Waals surface area (Å²) in [4.78, 5) is 28.3. The van der Waals surface area contributed by atoms with Gasteiger partial charge in [-0.15, -0.1) is 0 Å². The first kappa shape index (κ1) is 18.3. The summed E-state index contributed by atoms with van der Waals surface area (Å²) < 4.78 is 0. The van der Waals surface area contributed by atoms with Crippen LogP contribution in [0.25, 0.3) is 0 Å². The summed E-state index contributed by atoms with van der Waals surface area (Å²) in [6, 6.07) is 13.4. The van der Waals surface area contributed by atoms with Crippen molar-refractivity contribution in [2.24, 2.45) is 5.92 Å². The van der Waals surface area contributed by atoms with Gasteiger partial charge in [-0.3, -0.25) is 4.79 Å². The molecular formula is C22H25N3O3. The number of carboxylic acid groups (broad SMARTS) is 1. The fourth-order valence-corrected chi connectivity index (χ4v) is 3.73. The number of benzene rings is 2. The molecule has 6 nitrogen and oxygen atoms in total. The number of hydrogen-bond acceptors (Lipinski definition) is 4. The summed E-state index contributed by atoms with van der Waals surface area (Å²) in [5, 5.41) is 12.3. The second-order valence-corrected chi connectivity index (χ2v) is 7.56. The highest BCUT2D eigenvalue weighted by Gasteiger charge is 2.31. The van der Waals surface area contributed by atoms with E-state index in [9.17, 15) is 14.7 Å². The van der Waals surface area contributed by atoms with Crippen molar-refractivity contribution in [2.75, 3.05) is 41.3 Å². The number of piperazine rings is 1. The van der Waals surface area contributed by atoms with E-state index in [2.05, 4.69) is 40.2 Å². The Bertz CT molecular complexity index is 900. The molecule has 2 aromatic carbocycles. The second-order valence-electron chi connectivity index (χ2n) is 7.56. The fourth-order valence-electron chi connectivity index (χ4n) is 3.73. The summed E-state index contributed by atoms with van der Waals surface area (Å²) >= 11 is 0. The first-order chi connectivity index (χ1) is 13.5. The highest BCUT2D eigenvalue weighted by atomic mass is 16.4. The average Bonchev–Trinajstić information content (AvgIpc) is 3.54. The molecule has 2 aromatic rings. The highest BCUT2D eigenvalue weighted by Crippen LogP contribution is 2.34. The lowest BCUT2D eigenvalue weighted by Gasteiger charge is -2.38. The Labute approximate surface area is 164 Å². The quantitative estimate of drug-likeness (QED) is 0.833. The van der Waals surface area contributed by atoms with E-state index in [0.29, 0.717) is 5.69 Å². The lowest BCUT2D eigenvalue weighted by Crippen LogP contribution is -2.47. The molecule has 0 unspecified atom stereocenters. The van der Waals surface area contributed by atoms with Crippen LogP contribution >= 0.6 is 0 Å². The van der Waals surface area contributed by atoms with Gasteiger partial charge < -0.3 is 20.2 Å². The van der Waals surface area contributed by atoms with E-state index >= 15 is 0 Å². The van der Waals surface area contributed by atoms with E-state index in [1.807, 2.05) is 12.1 Å². The normalized spacial score (nSPS) is 16.8. The Hall–Kier alpha value is -3.02. The van der Waals surface area contributed by atoms with Crippen LogP contribution < -0.4 is 15.1 Å². The number of amides is 1. The van der Waals surface area contributed by atoms with E-state index in [1.54, 1.807) is 12.1 Å². The Morgan fingerprint density at radius 3 is 2.21 bits per heavy atom. The maximum absolute atomic E-state index is 12.3. The molecule has 2 N–H and O–H groups in total. The number of aromatic carboxylic acids is 1. The summed E-state index contributed by atoms with van der Waals surface area (Å²) in [6.07, 6.45) is 1.82. The van der Waals surface area contributed by atoms with Crippen molar-refractivity contribution in [3.05, 3.63) is 53.6 Å². The molecule has 1 saturated heterocycles. The third kappa shape index (κ3) is 3.81. The number of rotatable bonds is 5. The van der Waals surface area contributed by atoms with Gasteiger partial charge in [-0.05, 0) is 49.6 Å². The molecule has 0 bridgehead atoms. The predicted molar refractivity (Wildman–Crippen MR) is 110 cm³/mol. The summed E-state index contributed by atoms with van der Waals surface area (Å²) in [5.41, 5.74) is 4.20. The van der Waals surface area contributed by atoms with Crippen LogP contribution in [0.4, 0.5) is 17.1 Å². The van der Waals surface area contributed by atoms with Crippen molar-refractivity contribution < 1.29 is 14.7 Å². The molecule has 0 atom stereocenters. The largest absolute Gasteiger partial charge is 0.478 e. The van der Waals surface area contributed by atoms with Gasteiger partial charge in [0.15, 0.2) is 0 Å². The van der Waals surface area contributed by atoms with Gasteiger partial charge in [-0.1, -0.05) is 18.2 Å². The van der Waals surface area contributed by atoms with Crippen LogP contribution in [0.5, 0.6) is 0 Å². The standard InChI is InChI=1S/C22H25N3O3/c1-15-4-2-3-5-19(15)24-10-12-25(13-11-24)20-9-8-17(22(27)28)14-18(20)23-21(26)16-6-7-16/h2-5,8-9,14,16H,6-7,10-13H2,1H3,(H,23,26)(H,27,28). The van der Waals surface area contributed by atoms with Crippen molar-refractivity contribution in [1.82, 2.24) is 0 Å². The lowest BCUT2D eigenvalue weighted by atomic mass is 10.1. The molecule has 4 rings (SSSR count). The molecule has 1 saturated carbocycles. The predicted octanol–water partition coefficient (Wildman–Crippen LogP) is 3.37. The summed E-state index contributed by atoms with van der Waals surface area (Å²) in [6.45, 7) is 5.50. The smallest absolute Gasteiger partial charge is 0.335 e. The monoisotopic (exact) mass is 379 g/mol. The Balaban J connectivity index is 1.53. The molecule has 1 aliphatic carbocycles.